The quantitative estimate of drug-likeness (QED) is 0.340. The van der Waals surface area contributed by atoms with Crippen LogP contribution < -0.4 is 15.5 Å². The minimum absolute atomic E-state index is 0.157. The van der Waals surface area contributed by atoms with E-state index in [2.05, 4.69) is 36.3 Å². The third-order valence-electron chi connectivity index (χ3n) is 7.88. The van der Waals surface area contributed by atoms with Gasteiger partial charge in [0.15, 0.2) is 5.82 Å². The van der Waals surface area contributed by atoms with Crippen molar-refractivity contribution in [2.75, 3.05) is 56.2 Å². The second-order valence-electron chi connectivity index (χ2n) is 11.9. The van der Waals surface area contributed by atoms with Crippen LogP contribution in [0.2, 0.25) is 0 Å². The molecule has 3 heterocycles. The maximum Gasteiger partial charge on any atom is 0.407 e. The van der Waals surface area contributed by atoms with Gasteiger partial charge in [0.25, 0.3) is 0 Å². The van der Waals surface area contributed by atoms with Crippen LogP contribution in [0.5, 0.6) is 0 Å². The molecular weight excluding hydrogens is 552 g/mol. The molecule has 3 N–H and O–H groups in total. The van der Waals surface area contributed by atoms with E-state index in [1.165, 1.54) is 4.90 Å². The van der Waals surface area contributed by atoms with E-state index in [1.807, 2.05) is 19.1 Å². The summed E-state index contributed by atoms with van der Waals surface area (Å²) in [5.74, 6) is 0.815. The number of amides is 3. The average Bonchev–Trinajstić information content (AvgIpc) is 2.97. The lowest BCUT2D eigenvalue weighted by molar-refractivity contribution is -0.143. The number of carbonyl (C=O) groups is 3. The highest BCUT2D eigenvalue weighted by atomic mass is 16.5. The van der Waals surface area contributed by atoms with E-state index in [0.29, 0.717) is 76.0 Å². The van der Waals surface area contributed by atoms with Gasteiger partial charge in [-0.2, -0.15) is 0 Å². The summed E-state index contributed by atoms with van der Waals surface area (Å²) in [5, 5.41) is 15.9. The summed E-state index contributed by atoms with van der Waals surface area (Å²) in [6.07, 6.45) is 0.0576. The smallest absolute Gasteiger partial charge is 0.407 e. The van der Waals surface area contributed by atoms with Crippen LogP contribution in [0, 0.1) is 5.41 Å². The molecule has 0 saturated carbocycles. The molecular formula is C31H44N6O6. The molecule has 43 heavy (non-hydrogen) atoms. The van der Waals surface area contributed by atoms with Crippen molar-refractivity contribution < 1.29 is 29.0 Å². The number of rotatable bonds is 9. The zero-order chi connectivity index (χ0) is 31.1. The molecule has 1 fully saturated rings. The predicted octanol–water partition coefficient (Wildman–Crippen LogP) is 5.02. The molecule has 2 atom stereocenters. The summed E-state index contributed by atoms with van der Waals surface area (Å²) in [6.45, 7) is 13.5. The lowest BCUT2D eigenvalue weighted by Gasteiger charge is -2.45. The molecule has 1 aromatic heterocycles. The van der Waals surface area contributed by atoms with E-state index < -0.39 is 12.1 Å². The van der Waals surface area contributed by atoms with Crippen LogP contribution in [0.3, 0.4) is 0 Å². The van der Waals surface area contributed by atoms with Crippen LogP contribution in [0.15, 0.2) is 24.3 Å². The molecule has 1 aromatic carbocycles. The Balaban J connectivity index is 1.83. The highest BCUT2D eigenvalue weighted by molar-refractivity contribution is 5.89. The lowest BCUT2D eigenvalue weighted by atomic mass is 9.72. The maximum absolute atomic E-state index is 12.7. The number of carboxylic acid groups (broad SMARTS) is 1. The average molecular weight is 597 g/mol. The number of aromatic nitrogens is 2. The fourth-order valence-corrected chi connectivity index (χ4v) is 5.69. The Kier molecular flexibility index (Phi) is 10.4. The second-order valence-corrected chi connectivity index (χ2v) is 11.9. The summed E-state index contributed by atoms with van der Waals surface area (Å²) in [7, 11) is 0. The van der Waals surface area contributed by atoms with Gasteiger partial charge in [0, 0.05) is 55.3 Å². The van der Waals surface area contributed by atoms with Gasteiger partial charge in [0.05, 0.1) is 31.6 Å². The monoisotopic (exact) mass is 596 g/mol. The minimum Gasteiger partial charge on any atom is -0.466 e. The number of nitrogens with zero attached hydrogens (tertiary/aromatic N) is 4. The number of esters is 1. The molecule has 1 saturated heterocycles. The van der Waals surface area contributed by atoms with E-state index in [1.54, 1.807) is 19.1 Å². The largest absolute Gasteiger partial charge is 0.466 e. The van der Waals surface area contributed by atoms with Crippen LogP contribution in [-0.2, 0) is 14.3 Å². The number of ether oxygens (including phenoxy) is 2. The van der Waals surface area contributed by atoms with Gasteiger partial charge in [-0.15, -0.1) is 0 Å². The molecule has 2 aliphatic rings. The molecule has 0 aliphatic carbocycles. The Hall–Kier alpha value is -3.93. The molecule has 3 amide bonds. The number of fused-ring (bicyclic) bond motifs is 1. The Morgan fingerprint density at radius 2 is 1.79 bits per heavy atom. The first-order valence-corrected chi connectivity index (χ1v) is 15.1. The number of urea groups is 1. The van der Waals surface area contributed by atoms with E-state index in [9.17, 15) is 19.5 Å². The van der Waals surface area contributed by atoms with Gasteiger partial charge in [-0.1, -0.05) is 20.8 Å². The number of benzene rings is 1. The van der Waals surface area contributed by atoms with Crippen LogP contribution in [0.4, 0.5) is 21.1 Å². The van der Waals surface area contributed by atoms with Gasteiger partial charge in [-0.3, -0.25) is 9.69 Å². The Labute approximate surface area is 253 Å². The summed E-state index contributed by atoms with van der Waals surface area (Å²) in [4.78, 5) is 50.7. The lowest BCUT2D eigenvalue weighted by Crippen LogP contribution is -2.47. The van der Waals surface area contributed by atoms with E-state index >= 15 is 0 Å². The first-order valence-electron chi connectivity index (χ1n) is 15.1. The molecule has 234 valence electrons. The molecule has 0 spiro atoms. The number of carbonyl (C=O) groups excluding carboxylic acids is 2. The van der Waals surface area contributed by atoms with Crippen LogP contribution in [0.25, 0.3) is 11.4 Å². The number of morpholine rings is 1. The second kappa shape index (κ2) is 14.0. The summed E-state index contributed by atoms with van der Waals surface area (Å²) in [6, 6.07) is 6.44. The van der Waals surface area contributed by atoms with Gasteiger partial charge < -0.3 is 30.1 Å². The maximum atomic E-state index is 12.7. The van der Waals surface area contributed by atoms with E-state index in [0.717, 1.165) is 16.9 Å². The van der Waals surface area contributed by atoms with Crippen molar-refractivity contribution in [2.24, 2.45) is 5.41 Å². The Morgan fingerprint density at radius 1 is 1.09 bits per heavy atom. The molecule has 2 aliphatic heterocycles. The minimum atomic E-state index is -1.02. The predicted molar refractivity (Wildman–Crippen MR) is 163 cm³/mol. The molecule has 0 bridgehead atoms. The van der Waals surface area contributed by atoms with Gasteiger partial charge >= 0.3 is 18.1 Å². The summed E-state index contributed by atoms with van der Waals surface area (Å²) < 4.78 is 10.8. The van der Waals surface area contributed by atoms with Crippen LogP contribution in [0.1, 0.15) is 77.1 Å². The van der Waals surface area contributed by atoms with Gasteiger partial charge in [-0.25, -0.2) is 19.6 Å². The van der Waals surface area contributed by atoms with Gasteiger partial charge in [0.2, 0.25) is 0 Å². The van der Waals surface area contributed by atoms with E-state index in [-0.39, 0.29) is 29.8 Å². The standard InChI is InChI=1S/C31H44N6O6/c1-6-32-29(39)33-21-13-11-20(12-14-21)27-34-26-23(9-8-10-24(38)43-7-2)37(30(40)41)19-22(31(3,4)5)25(26)28(35-27)36-15-17-42-18-16-36/h11-14,22-23H,6-10,15-19H2,1-5H3,(H,40,41)(H2,32,33,39)/t22-,23?/m0/s1. The molecule has 1 unspecified atom stereocenters. The van der Waals surface area contributed by atoms with Gasteiger partial charge in [-0.05, 0) is 56.4 Å². The molecule has 2 aromatic rings. The number of nitrogens with one attached hydrogen (secondary N) is 2. The highest BCUT2D eigenvalue weighted by Crippen LogP contribution is 2.49. The van der Waals surface area contributed by atoms with E-state index in [4.69, 9.17) is 19.4 Å². The Morgan fingerprint density at radius 3 is 2.40 bits per heavy atom. The topological polar surface area (TPSA) is 146 Å². The van der Waals surface area contributed by atoms with Crippen LogP contribution >= 0.6 is 0 Å². The third kappa shape index (κ3) is 7.73. The van der Waals surface area contributed by atoms with Gasteiger partial charge in [0.1, 0.15) is 5.82 Å². The van der Waals surface area contributed by atoms with Crippen molar-refractivity contribution in [1.29, 1.82) is 0 Å². The summed E-state index contributed by atoms with van der Waals surface area (Å²) >= 11 is 0. The number of hydrogen-bond acceptors (Lipinski definition) is 8. The molecule has 4 rings (SSSR count). The fraction of sp³-hybridized carbons (Fsp3) is 0.581. The number of hydrogen-bond donors (Lipinski definition) is 3. The first-order chi connectivity index (χ1) is 20.5. The first kappa shape index (κ1) is 32.0. The zero-order valence-electron chi connectivity index (χ0n) is 25.8. The number of anilines is 2. The summed E-state index contributed by atoms with van der Waals surface area (Å²) in [5.41, 5.74) is 2.72. The third-order valence-corrected chi connectivity index (χ3v) is 7.88. The molecule has 12 heteroatoms. The SMILES string of the molecule is CCNC(=O)Nc1ccc(-c2nc3c(c(N4CCOCC4)n2)[C@@H](C(C)(C)C)CN(C(=O)O)C3CCCC(=O)OCC)cc1. The van der Waals surface area contributed by atoms with Crippen molar-refractivity contribution in [2.45, 2.75) is 65.8 Å². The van der Waals surface area contributed by atoms with Crippen molar-refractivity contribution in [3.63, 3.8) is 0 Å². The van der Waals surface area contributed by atoms with Crippen molar-refractivity contribution in [3.05, 3.63) is 35.5 Å². The van der Waals surface area contributed by atoms with Crippen molar-refractivity contribution >= 4 is 29.6 Å². The normalized spacial score (nSPS) is 18.5. The Bertz CT molecular complexity index is 1290. The molecule has 12 nitrogen and oxygen atoms in total. The van der Waals surface area contributed by atoms with Crippen molar-refractivity contribution in [3.8, 4) is 11.4 Å². The molecule has 0 radical (unpaired) electrons. The fourth-order valence-electron chi connectivity index (χ4n) is 5.69. The van der Waals surface area contributed by atoms with Crippen LogP contribution in [-0.4, -0.2) is 84.1 Å². The highest BCUT2D eigenvalue weighted by Gasteiger charge is 2.44. The zero-order valence-corrected chi connectivity index (χ0v) is 25.8. The van der Waals surface area contributed by atoms with Crippen molar-refractivity contribution in [1.82, 2.24) is 20.2 Å².